The minimum atomic E-state index is -0.424. The monoisotopic (exact) mass is 428 g/mol. The summed E-state index contributed by atoms with van der Waals surface area (Å²) in [7, 11) is 1.63. The maximum absolute atomic E-state index is 9.94. The van der Waals surface area contributed by atoms with Gasteiger partial charge in [0.05, 0.1) is 30.4 Å². The molecule has 32 heavy (non-hydrogen) atoms. The molecule has 3 N–H and O–H groups in total. The van der Waals surface area contributed by atoms with Gasteiger partial charge in [0, 0.05) is 5.56 Å². The van der Waals surface area contributed by atoms with E-state index >= 15 is 0 Å². The van der Waals surface area contributed by atoms with Gasteiger partial charge in [-0.3, -0.25) is 5.10 Å². The van der Waals surface area contributed by atoms with Crippen LogP contribution in [0.25, 0.3) is 11.3 Å². The molecule has 3 aromatic rings. The Morgan fingerprint density at radius 1 is 1.12 bits per heavy atom. The van der Waals surface area contributed by atoms with Crippen molar-refractivity contribution in [2.75, 3.05) is 7.11 Å². The van der Waals surface area contributed by atoms with E-state index in [0.717, 1.165) is 46.7 Å². The molecule has 1 aromatic heterocycles. The van der Waals surface area contributed by atoms with Crippen molar-refractivity contribution in [1.29, 1.82) is 5.26 Å². The molecule has 2 heterocycles. The number of fused-ring (bicyclic) bond motifs is 1. The van der Waals surface area contributed by atoms with Crippen LogP contribution < -0.4 is 19.9 Å². The molecule has 0 radical (unpaired) electrons. The fourth-order valence-corrected chi connectivity index (χ4v) is 4.52. The molecule has 1 saturated carbocycles. The van der Waals surface area contributed by atoms with E-state index in [0.29, 0.717) is 11.5 Å². The molecule has 0 amide bonds. The van der Waals surface area contributed by atoms with Crippen molar-refractivity contribution in [2.45, 2.75) is 37.7 Å². The number of aromatic amines is 1. The SMILES string of the molecule is COc1ccc(-c2[nH]nc3c2[C@@H](c2cccc(OC4CCCC4)c2)C(C#N)=C(N)O3)cc1. The number of methoxy groups -OCH3 is 1. The second-order valence-electron chi connectivity index (χ2n) is 8.07. The summed E-state index contributed by atoms with van der Waals surface area (Å²) in [5.41, 5.74) is 9.83. The number of hydrogen-bond acceptors (Lipinski definition) is 6. The Labute approximate surface area is 186 Å². The van der Waals surface area contributed by atoms with Crippen LogP contribution in [0.3, 0.4) is 0 Å². The van der Waals surface area contributed by atoms with Crippen LogP contribution in [0, 0.1) is 11.3 Å². The van der Waals surface area contributed by atoms with E-state index in [1.54, 1.807) is 7.11 Å². The van der Waals surface area contributed by atoms with Crippen LogP contribution in [-0.2, 0) is 0 Å². The fraction of sp³-hybridized carbons (Fsp3) is 0.280. The number of rotatable bonds is 5. The highest BCUT2D eigenvalue weighted by atomic mass is 16.5. The third kappa shape index (κ3) is 3.54. The zero-order chi connectivity index (χ0) is 22.1. The van der Waals surface area contributed by atoms with E-state index in [9.17, 15) is 5.26 Å². The molecule has 1 aliphatic heterocycles. The third-order valence-electron chi connectivity index (χ3n) is 6.11. The van der Waals surface area contributed by atoms with Gasteiger partial charge in [0.25, 0.3) is 0 Å². The average molecular weight is 428 g/mol. The molecule has 1 aliphatic carbocycles. The molecular formula is C25H24N4O3. The lowest BCUT2D eigenvalue weighted by Crippen LogP contribution is -2.21. The maximum Gasteiger partial charge on any atom is 0.244 e. The quantitative estimate of drug-likeness (QED) is 0.614. The Morgan fingerprint density at radius 2 is 1.91 bits per heavy atom. The third-order valence-corrected chi connectivity index (χ3v) is 6.11. The van der Waals surface area contributed by atoms with Gasteiger partial charge in [-0.15, -0.1) is 5.10 Å². The lowest BCUT2D eigenvalue weighted by Gasteiger charge is -2.24. The van der Waals surface area contributed by atoms with Crippen LogP contribution in [-0.4, -0.2) is 23.4 Å². The molecular weight excluding hydrogens is 404 g/mol. The number of H-pyrrole nitrogens is 1. The number of aromatic nitrogens is 2. The standard InChI is InChI=1S/C25H24N4O3/c1-30-17-11-9-15(10-12-17)23-22-21(20(14-26)24(27)32-25(22)29-28-23)16-5-4-8-19(13-16)31-18-6-2-3-7-18/h4-5,8-13,18,21H,2-3,6-7,27H2,1H3,(H,28,29)/t21-/m0/s1. The molecule has 0 unspecified atom stereocenters. The summed E-state index contributed by atoms with van der Waals surface area (Å²) in [4.78, 5) is 0. The lowest BCUT2D eigenvalue weighted by molar-refractivity contribution is 0.210. The second-order valence-corrected chi connectivity index (χ2v) is 8.07. The molecule has 2 aromatic carbocycles. The van der Waals surface area contributed by atoms with E-state index in [2.05, 4.69) is 16.3 Å². The van der Waals surface area contributed by atoms with Crippen molar-refractivity contribution in [1.82, 2.24) is 10.2 Å². The van der Waals surface area contributed by atoms with Gasteiger partial charge in [-0.25, -0.2) is 0 Å². The summed E-state index contributed by atoms with van der Waals surface area (Å²) in [6.45, 7) is 0. The number of ether oxygens (including phenoxy) is 3. The van der Waals surface area contributed by atoms with Crippen molar-refractivity contribution in [3.05, 3.63) is 71.1 Å². The smallest absolute Gasteiger partial charge is 0.244 e. The lowest BCUT2D eigenvalue weighted by atomic mass is 9.83. The molecule has 2 aliphatic rings. The predicted molar refractivity (Wildman–Crippen MR) is 119 cm³/mol. The van der Waals surface area contributed by atoms with Crippen LogP contribution in [0.1, 0.15) is 42.7 Å². The number of nitrogens with zero attached hydrogens (tertiary/aromatic N) is 2. The summed E-state index contributed by atoms with van der Waals surface area (Å²) in [6, 6.07) is 17.8. The average Bonchev–Trinajstić information content (AvgIpc) is 3.48. The first-order valence-electron chi connectivity index (χ1n) is 10.7. The van der Waals surface area contributed by atoms with Crippen LogP contribution in [0.4, 0.5) is 0 Å². The largest absolute Gasteiger partial charge is 0.497 e. The highest BCUT2D eigenvalue weighted by Gasteiger charge is 2.35. The highest BCUT2D eigenvalue weighted by Crippen LogP contribution is 2.46. The zero-order valence-corrected chi connectivity index (χ0v) is 17.8. The van der Waals surface area contributed by atoms with Crippen molar-refractivity contribution < 1.29 is 14.2 Å². The van der Waals surface area contributed by atoms with Gasteiger partial charge < -0.3 is 19.9 Å². The molecule has 7 heteroatoms. The summed E-state index contributed by atoms with van der Waals surface area (Å²) in [5.74, 6) is 1.58. The van der Waals surface area contributed by atoms with Crippen molar-refractivity contribution in [3.63, 3.8) is 0 Å². The zero-order valence-electron chi connectivity index (χ0n) is 17.8. The maximum atomic E-state index is 9.94. The molecule has 5 rings (SSSR count). The summed E-state index contributed by atoms with van der Waals surface area (Å²) >= 11 is 0. The molecule has 0 bridgehead atoms. The normalized spacial score (nSPS) is 18.1. The van der Waals surface area contributed by atoms with E-state index in [1.807, 2.05) is 48.5 Å². The van der Waals surface area contributed by atoms with Crippen LogP contribution in [0.15, 0.2) is 60.0 Å². The Kier molecular flexibility index (Phi) is 5.20. The van der Waals surface area contributed by atoms with Crippen LogP contribution >= 0.6 is 0 Å². The number of nitriles is 1. The fourth-order valence-electron chi connectivity index (χ4n) is 4.52. The molecule has 0 spiro atoms. The first-order chi connectivity index (χ1) is 15.7. The van der Waals surface area contributed by atoms with Gasteiger partial charge in [0.1, 0.15) is 23.1 Å². The summed E-state index contributed by atoms with van der Waals surface area (Å²) in [5, 5.41) is 17.4. The summed E-state index contributed by atoms with van der Waals surface area (Å²) in [6.07, 6.45) is 4.80. The number of nitrogens with one attached hydrogen (secondary N) is 1. The Morgan fingerprint density at radius 3 is 2.62 bits per heavy atom. The molecule has 7 nitrogen and oxygen atoms in total. The molecule has 0 saturated heterocycles. The number of nitrogens with two attached hydrogens (primary N) is 1. The highest BCUT2D eigenvalue weighted by molar-refractivity contribution is 5.71. The predicted octanol–water partition coefficient (Wildman–Crippen LogP) is 4.62. The second kappa shape index (κ2) is 8.31. The van der Waals surface area contributed by atoms with Gasteiger partial charge in [0.2, 0.25) is 11.8 Å². The van der Waals surface area contributed by atoms with E-state index in [-0.39, 0.29) is 12.0 Å². The summed E-state index contributed by atoms with van der Waals surface area (Å²) < 4.78 is 17.2. The molecule has 162 valence electrons. The van der Waals surface area contributed by atoms with Gasteiger partial charge in [0.15, 0.2) is 0 Å². The Balaban J connectivity index is 1.59. The van der Waals surface area contributed by atoms with E-state index in [1.165, 1.54) is 12.8 Å². The molecule has 1 atom stereocenters. The van der Waals surface area contributed by atoms with Gasteiger partial charge in [-0.1, -0.05) is 12.1 Å². The Bertz CT molecular complexity index is 1200. The van der Waals surface area contributed by atoms with Gasteiger partial charge >= 0.3 is 0 Å². The van der Waals surface area contributed by atoms with Crippen LogP contribution in [0.5, 0.6) is 17.4 Å². The van der Waals surface area contributed by atoms with E-state index in [4.69, 9.17) is 19.9 Å². The molecule has 1 fully saturated rings. The minimum absolute atomic E-state index is 0.0693. The van der Waals surface area contributed by atoms with E-state index < -0.39 is 5.92 Å². The first-order valence-corrected chi connectivity index (χ1v) is 10.7. The minimum Gasteiger partial charge on any atom is -0.497 e. The first kappa shape index (κ1) is 20.0. The Hall–Kier alpha value is -3.92. The van der Waals surface area contributed by atoms with Crippen molar-refractivity contribution in [2.24, 2.45) is 5.73 Å². The topological polar surface area (TPSA) is 106 Å². The number of hydrogen-bond donors (Lipinski definition) is 2. The van der Waals surface area contributed by atoms with Crippen LogP contribution in [0.2, 0.25) is 0 Å². The van der Waals surface area contributed by atoms with Gasteiger partial charge in [-0.05, 0) is 67.6 Å². The number of benzene rings is 2. The van der Waals surface area contributed by atoms with Crippen molar-refractivity contribution >= 4 is 0 Å². The van der Waals surface area contributed by atoms with Crippen molar-refractivity contribution in [3.8, 4) is 34.7 Å². The van der Waals surface area contributed by atoms with Gasteiger partial charge in [-0.2, -0.15) is 5.26 Å². The number of allylic oxidation sites excluding steroid dienone is 1.